The SMILES string of the molecule is Cc1cnccc1-c1ccc(C[C@H](N)C(=O)N(c2ccc3c(=O)[nH][nH]c3c2)C(=O)[C@H]2CC[C@H](CNC(=O)OC(C)(C)C)CC2)cc1.O=C(O)C(F)(F)F. The number of carboxylic acid groups (broad SMARTS) is 1. The van der Waals surface area contributed by atoms with E-state index in [9.17, 15) is 32.3 Å². The van der Waals surface area contributed by atoms with Gasteiger partial charge in [-0.2, -0.15) is 13.2 Å². The Hall–Kier alpha value is -5.51. The lowest BCUT2D eigenvalue weighted by Crippen LogP contribution is -2.50. The number of aromatic nitrogens is 3. The van der Waals surface area contributed by atoms with Gasteiger partial charge in [-0.3, -0.25) is 29.6 Å². The maximum atomic E-state index is 14.1. The van der Waals surface area contributed by atoms with E-state index < -0.39 is 41.7 Å². The molecule has 284 valence electrons. The maximum absolute atomic E-state index is 14.1. The summed E-state index contributed by atoms with van der Waals surface area (Å²) in [7, 11) is 0. The second-order valence-corrected chi connectivity index (χ2v) is 13.9. The number of imide groups is 1. The molecule has 0 saturated heterocycles. The van der Waals surface area contributed by atoms with Gasteiger partial charge in [0, 0.05) is 24.9 Å². The number of aromatic amines is 2. The average molecular weight is 741 g/mol. The summed E-state index contributed by atoms with van der Waals surface area (Å²) in [4.78, 5) is 66.5. The Labute approximate surface area is 303 Å². The number of H-pyrrole nitrogens is 2. The number of alkyl halides is 3. The number of ether oxygens (including phenoxy) is 1. The van der Waals surface area contributed by atoms with Crippen LogP contribution in [0.1, 0.15) is 57.6 Å². The van der Waals surface area contributed by atoms with Crippen molar-refractivity contribution < 1.29 is 42.2 Å². The number of alkyl carbamates (subject to hydrolysis) is 1. The first-order chi connectivity index (χ1) is 24.8. The number of benzene rings is 2. The van der Waals surface area contributed by atoms with E-state index >= 15 is 0 Å². The van der Waals surface area contributed by atoms with Gasteiger partial charge in [-0.25, -0.2) is 14.5 Å². The largest absolute Gasteiger partial charge is 0.490 e. The van der Waals surface area contributed by atoms with E-state index in [-0.39, 0.29) is 23.8 Å². The number of rotatable bonds is 8. The van der Waals surface area contributed by atoms with Crippen LogP contribution in [-0.4, -0.2) is 68.5 Å². The lowest BCUT2D eigenvalue weighted by molar-refractivity contribution is -0.192. The van der Waals surface area contributed by atoms with Crippen LogP contribution in [-0.2, 0) is 25.5 Å². The standard InChI is InChI=1S/C35H42N6O5.C2HF3O2/c1-21-19-37-16-15-27(21)24-9-5-22(6-10-24)17-29(36)33(44)41(26-13-14-28-30(18-26)39-40-31(28)42)32(43)25-11-7-23(8-12-25)20-38-34(45)46-35(2,3)4;3-2(4,5)1(6)7/h5-6,9-10,13-16,18-19,23,25,29H,7-8,11-12,17,20,36H2,1-4H3,(H,38,45)(H2,39,40,42);(H,6,7)/t23-,25-,29-;/m0./s1. The molecule has 2 aromatic heterocycles. The molecule has 0 bridgehead atoms. The Kier molecular flexibility index (Phi) is 12.8. The second kappa shape index (κ2) is 16.9. The zero-order chi connectivity index (χ0) is 39.1. The number of nitrogens with two attached hydrogens (primary N) is 1. The van der Waals surface area contributed by atoms with Crippen molar-refractivity contribution in [2.45, 2.75) is 77.6 Å². The molecule has 0 radical (unpaired) electrons. The molecule has 1 aliphatic rings. The molecule has 2 heterocycles. The van der Waals surface area contributed by atoms with Crippen LogP contribution in [0.3, 0.4) is 0 Å². The summed E-state index contributed by atoms with van der Waals surface area (Å²) in [5.74, 6) is -3.78. The quantitative estimate of drug-likeness (QED) is 0.152. The Morgan fingerprint density at radius 1 is 1.02 bits per heavy atom. The van der Waals surface area contributed by atoms with E-state index in [0.717, 1.165) is 22.3 Å². The predicted molar refractivity (Wildman–Crippen MR) is 191 cm³/mol. The number of amides is 3. The van der Waals surface area contributed by atoms with E-state index in [2.05, 4.69) is 20.5 Å². The zero-order valence-electron chi connectivity index (χ0n) is 29.8. The Balaban J connectivity index is 0.000000815. The maximum Gasteiger partial charge on any atom is 0.490 e. The van der Waals surface area contributed by atoms with Gasteiger partial charge in [0.1, 0.15) is 5.60 Å². The molecule has 0 aliphatic heterocycles. The van der Waals surface area contributed by atoms with Gasteiger partial charge in [-0.15, -0.1) is 0 Å². The molecule has 2 aromatic carbocycles. The highest BCUT2D eigenvalue weighted by atomic mass is 19.4. The highest BCUT2D eigenvalue weighted by Gasteiger charge is 2.38. The van der Waals surface area contributed by atoms with Gasteiger partial charge < -0.3 is 20.9 Å². The van der Waals surface area contributed by atoms with Gasteiger partial charge in [0.05, 0.1) is 22.6 Å². The molecule has 1 aliphatic carbocycles. The molecule has 5 rings (SSSR count). The van der Waals surface area contributed by atoms with Gasteiger partial charge in [0.2, 0.25) is 5.91 Å². The lowest BCUT2D eigenvalue weighted by atomic mass is 9.81. The fraction of sp³-hybridized carbons (Fsp3) is 0.405. The van der Waals surface area contributed by atoms with Crippen molar-refractivity contribution in [3.05, 3.63) is 82.4 Å². The third-order valence-corrected chi connectivity index (χ3v) is 8.69. The van der Waals surface area contributed by atoms with Crippen molar-refractivity contribution in [2.24, 2.45) is 17.6 Å². The molecule has 1 saturated carbocycles. The van der Waals surface area contributed by atoms with Crippen molar-refractivity contribution in [3.8, 4) is 11.1 Å². The van der Waals surface area contributed by atoms with E-state index in [1.807, 2.05) is 64.2 Å². The number of nitrogens with zero attached hydrogens (tertiary/aromatic N) is 2. The summed E-state index contributed by atoms with van der Waals surface area (Å²) in [5.41, 5.74) is 10.5. The summed E-state index contributed by atoms with van der Waals surface area (Å²) in [5, 5.41) is 15.7. The van der Waals surface area contributed by atoms with Crippen molar-refractivity contribution in [3.63, 3.8) is 0 Å². The molecule has 4 aromatic rings. The smallest absolute Gasteiger partial charge is 0.475 e. The van der Waals surface area contributed by atoms with E-state index in [1.165, 1.54) is 4.90 Å². The van der Waals surface area contributed by atoms with Crippen LogP contribution in [0.2, 0.25) is 0 Å². The van der Waals surface area contributed by atoms with Crippen molar-refractivity contribution in [1.82, 2.24) is 20.5 Å². The van der Waals surface area contributed by atoms with Crippen LogP contribution in [0.25, 0.3) is 22.0 Å². The topological polar surface area (TPSA) is 201 Å². The molecular formula is C37H43F3N6O7. The average Bonchev–Trinajstić information content (AvgIpc) is 3.47. The third kappa shape index (κ3) is 11.0. The number of carbonyl (C=O) groups excluding carboxylic acids is 3. The Bertz CT molecular complexity index is 1980. The minimum Gasteiger partial charge on any atom is -0.475 e. The number of fused-ring (bicyclic) bond motifs is 1. The van der Waals surface area contributed by atoms with Crippen LogP contribution in [0.15, 0.2) is 65.7 Å². The van der Waals surface area contributed by atoms with Crippen LogP contribution >= 0.6 is 0 Å². The monoisotopic (exact) mass is 740 g/mol. The van der Waals surface area contributed by atoms with Crippen LogP contribution in [0, 0.1) is 18.8 Å². The first-order valence-corrected chi connectivity index (χ1v) is 16.9. The molecule has 3 amide bonds. The van der Waals surface area contributed by atoms with Crippen LogP contribution < -0.4 is 21.5 Å². The number of carbonyl (C=O) groups is 4. The number of pyridine rings is 1. The van der Waals surface area contributed by atoms with Crippen molar-refractivity contribution in [2.75, 3.05) is 11.4 Å². The van der Waals surface area contributed by atoms with Crippen molar-refractivity contribution in [1.29, 1.82) is 0 Å². The Morgan fingerprint density at radius 3 is 2.25 bits per heavy atom. The highest BCUT2D eigenvalue weighted by Crippen LogP contribution is 2.32. The van der Waals surface area contributed by atoms with Crippen molar-refractivity contribution >= 4 is 40.5 Å². The van der Waals surface area contributed by atoms with Crippen LogP contribution in [0.4, 0.5) is 23.7 Å². The van der Waals surface area contributed by atoms with E-state index in [4.69, 9.17) is 20.4 Å². The Morgan fingerprint density at radius 2 is 1.66 bits per heavy atom. The minimum absolute atomic E-state index is 0.197. The molecule has 53 heavy (non-hydrogen) atoms. The number of hydrogen-bond acceptors (Lipinski definition) is 8. The molecule has 16 heteroatoms. The number of nitrogens with one attached hydrogen (secondary N) is 3. The highest BCUT2D eigenvalue weighted by molar-refractivity contribution is 6.17. The first-order valence-electron chi connectivity index (χ1n) is 16.9. The fourth-order valence-electron chi connectivity index (χ4n) is 5.99. The zero-order valence-corrected chi connectivity index (χ0v) is 29.8. The predicted octanol–water partition coefficient (Wildman–Crippen LogP) is 5.62. The van der Waals surface area contributed by atoms with Gasteiger partial charge in [-0.05, 0) is 112 Å². The minimum atomic E-state index is -5.08. The number of halogens is 3. The van der Waals surface area contributed by atoms with Gasteiger partial charge in [0.25, 0.3) is 11.5 Å². The number of anilines is 1. The summed E-state index contributed by atoms with van der Waals surface area (Å²) in [6, 6.07) is 13.7. The molecular weight excluding hydrogens is 697 g/mol. The summed E-state index contributed by atoms with van der Waals surface area (Å²) < 4.78 is 37.1. The second-order valence-electron chi connectivity index (χ2n) is 13.9. The van der Waals surface area contributed by atoms with Gasteiger partial charge >= 0.3 is 18.2 Å². The molecule has 1 atom stereocenters. The van der Waals surface area contributed by atoms with Gasteiger partial charge in [0.15, 0.2) is 0 Å². The third-order valence-electron chi connectivity index (χ3n) is 8.69. The summed E-state index contributed by atoms with van der Waals surface area (Å²) in [6.45, 7) is 7.90. The van der Waals surface area contributed by atoms with Crippen LogP contribution in [0.5, 0.6) is 0 Å². The van der Waals surface area contributed by atoms with Gasteiger partial charge in [-0.1, -0.05) is 24.3 Å². The first kappa shape index (κ1) is 40.3. The molecule has 0 spiro atoms. The van der Waals surface area contributed by atoms with E-state index in [0.29, 0.717) is 48.8 Å². The van der Waals surface area contributed by atoms with E-state index in [1.54, 1.807) is 24.4 Å². The molecule has 1 fully saturated rings. The number of hydrogen-bond donors (Lipinski definition) is 5. The fourth-order valence-corrected chi connectivity index (χ4v) is 5.99. The summed E-state index contributed by atoms with van der Waals surface area (Å²) >= 11 is 0. The number of carboxylic acids is 1. The molecule has 13 nitrogen and oxygen atoms in total. The normalized spacial score (nSPS) is 16.5. The molecule has 0 unspecified atom stereocenters. The number of aryl methyl sites for hydroxylation is 1. The molecule has 6 N–H and O–H groups in total. The number of aliphatic carboxylic acids is 1. The lowest BCUT2D eigenvalue weighted by Gasteiger charge is -2.32. The summed E-state index contributed by atoms with van der Waals surface area (Å²) in [6.07, 6.45) is 0.833.